The molecule has 1 atom stereocenters. The van der Waals surface area contributed by atoms with Crippen LogP contribution in [0.2, 0.25) is 0 Å². The third kappa shape index (κ3) is 6.74. The maximum atomic E-state index is 5.30. The molecule has 0 aliphatic rings. The van der Waals surface area contributed by atoms with E-state index in [1.807, 2.05) is 11.8 Å². The van der Waals surface area contributed by atoms with Crippen LogP contribution in [0.25, 0.3) is 0 Å². The topological polar surface area (TPSA) is 12.0 Å². The van der Waals surface area contributed by atoms with Gasteiger partial charge in [0.2, 0.25) is 0 Å². The van der Waals surface area contributed by atoms with E-state index < -0.39 is 0 Å². The van der Waals surface area contributed by atoms with Crippen LogP contribution in [0.1, 0.15) is 32.6 Å². The smallest absolute Gasteiger partial charge is 0.0162 e. The van der Waals surface area contributed by atoms with Crippen LogP contribution in [-0.4, -0.2) is 18.3 Å². The monoisotopic (exact) mass is 261 g/mol. The molecule has 0 saturated heterocycles. The zero-order valence-electron chi connectivity index (χ0n) is 11.2. The van der Waals surface area contributed by atoms with E-state index in [0.29, 0.717) is 6.04 Å². The van der Waals surface area contributed by atoms with E-state index in [1.165, 1.54) is 17.7 Å². The van der Waals surface area contributed by atoms with Gasteiger partial charge in [0, 0.05) is 23.1 Å². The Labute approximate surface area is 116 Å². The molecule has 0 spiro atoms. The van der Waals surface area contributed by atoms with Gasteiger partial charge in [-0.25, -0.2) is 0 Å². The molecular weight excluding hydrogens is 238 g/mol. The molecule has 1 aromatic carbocycles. The molecule has 1 rings (SSSR count). The van der Waals surface area contributed by atoms with Crippen LogP contribution in [0.5, 0.6) is 0 Å². The van der Waals surface area contributed by atoms with Crippen molar-refractivity contribution in [2.75, 3.05) is 12.3 Å². The van der Waals surface area contributed by atoms with Crippen molar-refractivity contribution >= 4 is 11.8 Å². The highest BCUT2D eigenvalue weighted by Crippen LogP contribution is 2.19. The molecule has 0 radical (unpaired) electrons. The van der Waals surface area contributed by atoms with Gasteiger partial charge in [0.15, 0.2) is 0 Å². The summed E-state index contributed by atoms with van der Waals surface area (Å²) in [6.45, 7) is 3.30. The van der Waals surface area contributed by atoms with E-state index in [9.17, 15) is 0 Å². The van der Waals surface area contributed by atoms with Crippen molar-refractivity contribution in [2.24, 2.45) is 0 Å². The van der Waals surface area contributed by atoms with Crippen molar-refractivity contribution < 1.29 is 0 Å². The highest BCUT2D eigenvalue weighted by atomic mass is 32.2. The number of benzene rings is 1. The fraction of sp³-hybridized carbons (Fsp3) is 0.500. The zero-order chi connectivity index (χ0) is 13.1. The molecular formula is C16H23NS. The summed E-state index contributed by atoms with van der Waals surface area (Å²) in [6.07, 6.45) is 9.66. The molecule has 0 aliphatic carbocycles. The Bertz CT molecular complexity index is 342. The third-order valence-corrected chi connectivity index (χ3v) is 3.93. The second-order valence-corrected chi connectivity index (χ2v) is 5.46. The predicted molar refractivity (Wildman–Crippen MR) is 81.9 cm³/mol. The minimum absolute atomic E-state index is 0.573. The van der Waals surface area contributed by atoms with Crippen LogP contribution < -0.4 is 5.32 Å². The highest BCUT2D eigenvalue weighted by Gasteiger charge is 2.07. The number of hydrogen-bond donors (Lipinski definition) is 1. The SMILES string of the molecule is C#CCCCC(CSc1ccccc1)NCCC. The standard InChI is InChI=1S/C16H23NS/c1-3-5-7-10-15(17-13-4-2)14-18-16-11-8-6-9-12-16/h1,6,8-9,11-12,15,17H,4-5,7,10,13-14H2,2H3. The maximum Gasteiger partial charge on any atom is 0.0162 e. The summed E-state index contributed by atoms with van der Waals surface area (Å²) in [7, 11) is 0. The Hall–Kier alpha value is -0.910. The van der Waals surface area contributed by atoms with Crippen molar-refractivity contribution in [3.8, 4) is 12.3 Å². The normalized spacial score (nSPS) is 12.0. The summed E-state index contributed by atoms with van der Waals surface area (Å²) in [5, 5.41) is 3.61. The van der Waals surface area contributed by atoms with Crippen LogP contribution >= 0.6 is 11.8 Å². The number of unbranched alkanes of at least 4 members (excludes halogenated alkanes) is 1. The molecule has 98 valence electrons. The summed E-state index contributed by atoms with van der Waals surface area (Å²) >= 11 is 1.92. The summed E-state index contributed by atoms with van der Waals surface area (Å²) < 4.78 is 0. The van der Waals surface area contributed by atoms with Crippen molar-refractivity contribution in [3.05, 3.63) is 30.3 Å². The summed E-state index contributed by atoms with van der Waals surface area (Å²) in [4.78, 5) is 1.35. The Balaban J connectivity index is 2.33. The number of rotatable bonds is 9. The molecule has 2 heteroatoms. The zero-order valence-corrected chi connectivity index (χ0v) is 12.0. The lowest BCUT2D eigenvalue weighted by atomic mass is 10.1. The van der Waals surface area contributed by atoms with Gasteiger partial charge in [0.25, 0.3) is 0 Å². The highest BCUT2D eigenvalue weighted by molar-refractivity contribution is 7.99. The van der Waals surface area contributed by atoms with E-state index in [4.69, 9.17) is 6.42 Å². The molecule has 0 heterocycles. The Morgan fingerprint density at radius 3 is 2.78 bits per heavy atom. The number of nitrogens with one attached hydrogen (secondary N) is 1. The van der Waals surface area contributed by atoms with Gasteiger partial charge in [-0.2, -0.15) is 0 Å². The van der Waals surface area contributed by atoms with E-state index >= 15 is 0 Å². The number of hydrogen-bond acceptors (Lipinski definition) is 2. The van der Waals surface area contributed by atoms with Gasteiger partial charge in [-0.05, 0) is 37.9 Å². The van der Waals surface area contributed by atoms with Gasteiger partial charge < -0.3 is 5.32 Å². The van der Waals surface area contributed by atoms with Crippen LogP contribution in [0.3, 0.4) is 0 Å². The van der Waals surface area contributed by atoms with Crippen molar-refractivity contribution in [1.29, 1.82) is 0 Å². The lowest BCUT2D eigenvalue weighted by molar-refractivity contribution is 0.508. The number of terminal acetylenes is 1. The molecule has 0 amide bonds. The van der Waals surface area contributed by atoms with Crippen molar-refractivity contribution in [1.82, 2.24) is 5.32 Å². The van der Waals surface area contributed by atoms with Gasteiger partial charge >= 0.3 is 0 Å². The van der Waals surface area contributed by atoms with Gasteiger partial charge in [-0.3, -0.25) is 0 Å². The summed E-state index contributed by atoms with van der Waals surface area (Å²) in [5.41, 5.74) is 0. The molecule has 1 nitrogen and oxygen atoms in total. The molecule has 0 bridgehead atoms. The van der Waals surface area contributed by atoms with Gasteiger partial charge in [-0.1, -0.05) is 25.1 Å². The minimum Gasteiger partial charge on any atom is -0.313 e. The predicted octanol–water partition coefficient (Wildman–Crippen LogP) is 3.95. The van der Waals surface area contributed by atoms with Gasteiger partial charge in [-0.15, -0.1) is 24.1 Å². The van der Waals surface area contributed by atoms with Crippen LogP contribution in [0.4, 0.5) is 0 Å². The summed E-state index contributed by atoms with van der Waals surface area (Å²) in [6, 6.07) is 11.2. The van der Waals surface area contributed by atoms with Crippen molar-refractivity contribution in [2.45, 2.75) is 43.5 Å². The molecule has 0 fully saturated rings. The Kier molecular flexibility index (Phi) is 8.46. The first-order valence-electron chi connectivity index (χ1n) is 6.71. The molecule has 18 heavy (non-hydrogen) atoms. The second-order valence-electron chi connectivity index (χ2n) is 4.37. The Morgan fingerprint density at radius 2 is 2.11 bits per heavy atom. The molecule has 1 N–H and O–H groups in total. The molecule has 0 aliphatic heterocycles. The average molecular weight is 261 g/mol. The molecule has 1 aromatic rings. The van der Waals surface area contributed by atoms with E-state index in [1.54, 1.807) is 0 Å². The van der Waals surface area contributed by atoms with Gasteiger partial charge in [0.05, 0.1) is 0 Å². The molecule has 1 unspecified atom stereocenters. The van der Waals surface area contributed by atoms with Crippen molar-refractivity contribution in [3.63, 3.8) is 0 Å². The first-order valence-corrected chi connectivity index (χ1v) is 7.70. The van der Waals surface area contributed by atoms with Crippen LogP contribution in [-0.2, 0) is 0 Å². The molecule has 0 aromatic heterocycles. The largest absolute Gasteiger partial charge is 0.313 e. The lowest BCUT2D eigenvalue weighted by Gasteiger charge is -2.17. The fourth-order valence-electron chi connectivity index (χ4n) is 1.76. The third-order valence-electron chi connectivity index (χ3n) is 2.75. The first-order chi connectivity index (χ1) is 8.86. The number of thioether (sulfide) groups is 1. The van der Waals surface area contributed by atoms with E-state index in [-0.39, 0.29) is 0 Å². The van der Waals surface area contributed by atoms with Gasteiger partial charge in [0.1, 0.15) is 0 Å². The molecule has 0 saturated carbocycles. The average Bonchev–Trinajstić information content (AvgIpc) is 2.42. The maximum absolute atomic E-state index is 5.30. The minimum atomic E-state index is 0.573. The van der Waals surface area contributed by atoms with E-state index in [2.05, 4.69) is 48.5 Å². The van der Waals surface area contributed by atoms with E-state index in [0.717, 1.165) is 25.1 Å². The Morgan fingerprint density at radius 1 is 1.33 bits per heavy atom. The second kappa shape index (κ2) is 10.1. The van der Waals surface area contributed by atoms with Crippen LogP contribution in [0.15, 0.2) is 35.2 Å². The summed E-state index contributed by atoms with van der Waals surface area (Å²) in [5.74, 6) is 3.84. The van der Waals surface area contributed by atoms with Crippen LogP contribution in [0, 0.1) is 12.3 Å². The quantitative estimate of drug-likeness (QED) is 0.410. The lowest BCUT2D eigenvalue weighted by Crippen LogP contribution is -2.31. The fourth-order valence-corrected chi connectivity index (χ4v) is 2.78. The first kappa shape index (κ1) is 15.1.